The minimum absolute atomic E-state index is 0.0476. The average molecular weight is 356 g/mol. The first-order valence-electron chi connectivity index (χ1n) is 9.79. The molecule has 2 amide bonds. The number of hydrogen-bond donors (Lipinski definition) is 1. The van der Waals surface area contributed by atoms with Gasteiger partial charge < -0.3 is 15.0 Å². The van der Waals surface area contributed by atoms with Gasteiger partial charge in [0.25, 0.3) is 5.91 Å². The maximum Gasteiger partial charge on any atom is 0.254 e. The molecule has 0 radical (unpaired) electrons. The molecule has 1 aromatic rings. The molecule has 2 heterocycles. The van der Waals surface area contributed by atoms with Gasteiger partial charge in [0, 0.05) is 43.8 Å². The highest BCUT2D eigenvalue weighted by Gasteiger charge is 2.51. The number of benzene rings is 1. The first kappa shape index (κ1) is 17.5. The lowest BCUT2D eigenvalue weighted by Gasteiger charge is -2.37. The van der Waals surface area contributed by atoms with Crippen LogP contribution in [-0.2, 0) is 9.53 Å². The van der Waals surface area contributed by atoms with Gasteiger partial charge in [-0.25, -0.2) is 0 Å². The molecule has 1 N–H and O–H groups in total. The predicted octanol–water partition coefficient (Wildman–Crippen LogP) is 2.39. The minimum Gasteiger partial charge on any atom is -0.381 e. The molecule has 4 rings (SSSR count). The van der Waals surface area contributed by atoms with Gasteiger partial charge in [0.2, 0.25) is 5.91 Å². The van der Waals surface area contributed by atoms with Gasteiger partial charge in [0.05, 0.1) is 5.92 Å². The Balaban J connectivity index is 1.53. The normalized spacial score (nSPS) is 24.7. The van der Waals surface area contributed by atoms with Crippen LogP contribution in [0, 0.1) is 24.2 Å². The third-order valence-corrected chi connectivity index (χ3v) is 6.38. The van der Waals surface area contributed by atoms with E-state index in [-0.39, 0.29) is 23.1 Å². The quantitative estimate of drug-likeness (QED) is 0.901. The van der Waals surface area contributed by atoms with E-state index in [2.05, 4.69) is 5.32 Å². The highest BCUT2D eigenvalue weighted by atomic mass is 16.5. The van der Waals surface area contributed by atoms with Crippen molar-refractivity contribution in [3.05, 3.63) is 35.4 Å². The van der Waals surface area contributed by atoms with Crippen molar-refractivity contribution in [2.24, 2.45) is 17.3 Å². The summed E-state index contributed by atoms with van der Waals surface area (Å²) < 4.78 is 5.56. The molecule has 0 unspecified atom stereocenters. The topological polar surface area (TPSA) is 58.6 Å². The summed E-state index contributed by atoms with van der Waals surface area (Å²) in [7, 11) is 0. The van der Waals surface area contributed by atoms with E-state index in [1.165, 1.54) is 12.8 Å². The van der Waals surface area contributed by atoms with Crippen molar-refractivity contribution in [3.63, 3.8) is 0 Å². The SMILES string of the molecule is Cc1ccccc1C(=O)N1C[C@H](C(=O)NCC2CC2)C2(CCOCC2)C1. The number of ether oxygens (including phenoxy) is 1. The maximum atomic E-state index is 13.1. The average Bonchev–Trinajstić information content (AvgIpc) is 3.42. The van der Waals surface area contributed by atoms with E-state index >= 15 is 0 Å². The molecule has 5 nitrogen and oxygen atoms in total. The molecule has 2 saturated heterocycles. The minimum atomic E-state index is -0.135. The highest BCUT2D eigenvalue weighted by molar-refractivity contribution is 5.96. The van der Waals surface area contributed by atoms with Crippen LogP contribution in [0.1, 0.15) is 41.6 Å². The summed E-state index contributed by atoms with van der Waals surface area (Å²) >= 11 is 0. The zero-order valence-electron chi connectivity index (χ0n) is 15.5. The molecule has 0 bridgehead atoms. The van der Waals surface area contributed by atoms with Gasteiger partial charge in [-0.1, -0.05) is 18.2 Å². The molecule has 1 aliphatic carbocycles. The van der Waals surface area contributed by atoms with Gasteiger partial charge in [0.15, 0.2) is 0 Å². The Morgan fingerprint density at radius 3 is 2.65 bits per heavy atom. The second-order valence-corrected chi connectivity index (χ2v) is 8.22. The van der Waals surface area contributed by atoms with Crippen molar-refractivity contribution >= 4 is 11.8 Å². The standard InChI is InChI=1S/C21H28N2O3/c1-15-4-2-3-5-17(15)20(25)23-13-18(19(24)22-12-16-6-7-16)21(14-23)8-10-26-11-9-21/h2-5,16,18H,6-14H2,1H3,(H,22,24)/t18-/m1/s1. The number of carbonyl (C=O) groups excluding carboxylic acids is 2. The van der Waals surface area contributed by atoms with E-state index < -0.39 is 0 Å². The Labute approximate surface area is 155 Å². The molecular formula is C21H28N2O3. The number of aryl methyl sites for hydroxylation is 1. The van der Waals surface area contributed by atoms with E-state index in [0.717, 1.165) is 30.5 Å². The van der Waals surface area contributed by atoms with Crippen LogP contribution < -0.4 is 5.32 Å². The molecular weight excluding hydrogens is 328 g/mol. The summed E-state index contributed by atoms with van der Waals surface area (Å²) in [6.45, 7) is 5.29. The Kier molecular flexibility index (Phi) is 4.74. The molecule has 1 spiro atoms. The zero-order chi connectivity index (χ0) is 18.1. The van der Waals surface area contributed by atoms with Gasteiger partial charge >= 0.3 is 0 Å². The number of hydrogen-bond acceptors (Lipinski definition) is 3. The maximum absolute atomic E-state index is 13.1. The van der Waals surface area contributed by atoms with Crippen molar-refractivity contribution in [1.82, 2.24) is 10.2 Å². The smallest absolute Gasteiger partial charge is 0.254 e. The van der Waals surface area contributed by atoms with Crippen molar-refractivity contribution in [2.75, 3.05) is 32.8 Å². The number of carbonyl (C=O) groups is 2. The van der Waals surface area contributed by atoms with Gasteiger partial charge in [-0.05, 0) is 50.2 Å². The Hall–Kier alpha value is -1.88. The summed E-state index contributed by atoms with van der Waals surface area (Å²) in [5.41, 5.74) is 1.60. The molecule has 1 atom stereocenters. The first-order chi connectivity index (χ1) is 12.6. The fraction of sp³-hybridized carbons (Fsp3) is 0.619. The number of amides is 2. The van der Waals surface area contributed by atoms with Crippen molar-refractivity contribution in [3.8, 4) is 0 Å². The van der Waals surface area contributed by atoms with Crippen LogP contribution in [0.5, 0.6) is 0 Å². The second-order valence-electron chi connectivity index (χ2n) is 8.22. The lowest BCUT2D eigenvalue weighted by molar-refractivity contribution is -0.129. The summed E-state index contributed by atoms with van der Waals surface area (Å²) in [5.74, 6) is 0.708. The van der Waals surface area contributed by atoms with Crippen LogP contribution in [0.3, 0.4) is 0 Å². The Morgan fingerprint density at radius 2 is 1.96 bits per heavy atom. The van der Waals surface area contributed by atoms with Crippen LogP contribution in [-0.4, -0.2) is 49.6 Å². The van der Waals surface area contributed by atoms with E-state index in [1.54, 1.807) is 0 Å². The summed E-state index contributed by atoms with van der Waals surface area (Å²) in [6, 6.07) is 7.70. The predicted molar refractivity (Wildman–Crippen MR) is 98.8 cm³/mol. The van der Waals surface area contributed by atoms with Gasteiger partial charge in [-0.15, -0.1) is 0 Å². The zero-order valence-corrected chi connectivity index (χ0v) is 15.5. The van der Waals surface area contributed by atoms with Crippen LogP contribution in [0.15, 0.2) is 24.3 Å². The van der Waals surface area contributed by atoms with Crippen LogP contribution in [0.25, 0.3) is 0 Å². The summed E-state index contributed by atoms with van der Waals surface area (Å²) in [6.07, 6.45) is 4.15. The third-order valence-electron chi connectivity index (χ3n) is 6.38. The molecule has 3 aliphatic rings. The Bertz CT molecular complexity index is 692. The van der Waals surface area contributed by atoms with Crippen molar-refractivity contribution in [2.45, 2.75) is 32.6 Å². The largest absolute Gasteiger partial charge is 0.381 e. The van der Waals surface area contributed by atoms with Gasteiger partial charge in [0.1, 0.15) is 0 Å². The molecule has 1 saturated carbocycles. The monoisotopic (exact) mass is 356 g/mol. The van der Waals surface area contributed by atoms with E-state index in [9.17, 15) is 9.59 Å². The molecule has 26 heavy (non-hydrogen) atoms. The second kappa shape index (κ2) is 7.03. The number of likely N-dealkylation sites (tertiary alicyclic amines) is 1. The fourth-order valence-electron chi connectivity index (χ4n) is 4.44. The number of nitrogens with one attached hydrogen (secondary N) is 1. The molecule has 3 fully saturated rings. The lowest BCUT2D eigenvalue weighted by Crippen LogP contribution is -2.44. The van der Waals surface area contributed by atoms with Crippen LogP contribution in [0.2, 0.25) is 0 Å². The van der Waals surface area contributed by atoms with Crippen molar-refractivity contribution < 1.29 is 14.3 Å². The molecule has 140 valence electrons. The lowest BCUT2D eigenvalue weighted by atomic mass is 9.71. The van der Waals surface area contributed by atoms with Crippen LogP contribution in [0.4, 0.5) is 0 Å². The van der Waals surface area contributed by atoms with Crippen molar-refractivity contribution in [1.29, 1.82) is 0 Å². The number of rotatable bonds is 4. The first-order valence-corrected chi connectivity index (χ1v) is 9.79. The van der Waals surface area contributed by atoms with Gasteiger partial charge in [-0.2, -0.15) is 0 Å². The highest BCUT2D eigenvalue weighted by Crippen LogP contribution is 2.45. The number of nitrogens with zero attached hydrogens (tertiary/aromatic N) is 1. The molecule has 2 aliphatic heterocycles. The van der Waals surface area contributed by atoms with E-state index in [4.69, 9.17) is 4.74 Å². The Morgan fingerprint density at radius 1 is 1.23 bits per heavy atom. The summed E-state index contributed by atoms with van der Waals surface area (Å²) in [4.78, 5) is 27.9. The molecule has 5 heteroatoms. The molecule has 1 aromatic carbocycles. The fourth-order valence-corrected chi connectivity index (χ4v) is 4.44. The van der Waals surface area contributed by atoms with E-state index in [0.29, 0.717) is 32.2 Å². The molecule has 0 aromatic heterocycles. The third kappa shape index (κ3) is 3.37. The van der Waals surface area contributed by atoms with E-state index in [1.807, 2.05) is 36.1 Å². The van der Waals surface area contributed by atoms with Gasteiger partial charge in [-0.3, -0.25) is 9.59 Å². The van der Waals surface area contributed by atoms with Crippen LogP contribution >= 0.6 is 0 Å². The summed E-state index contributed by atoms with van der Waals surface area (Å²) in [5, 5.41) is 3.15.